The maximum Gasteiger partial charge on any atom is 0.319 e. The van der Waals surface area contributed by atoms with E-state index in [1.54, 1.807) is 36.4 Å². The van der Waals surface area contributed by atoms with E-state index in [1.807, 2.05) is 30.9 Å². The SMILES string of the molecule is CC(C)C[C@@H](NC(=O)Nc1ccc(Cl)cc1)C(=O)Nc1ccc(N2CCNC2=N)cc1. The van der Waals surface area contributed by atoms with Crippen molar-refractivity contribution in [3.05, 3.63) is 53.6 Å². The van der Waals surface area contributed by atoms with Crippen LogP contribution in [0.1, 0.15) is 20.3 Å². The highest BCUT2D eigenvalue weighted by Gasteiger charge is 2.23. The topological polar surface area (TPSA) is 109 Å². The minimum absolute atomic E-state index is 0.211. The number of guanidine groups is 1. The summed E-state index contributed by atoms with van der Waals surface area (Å²) in [6.45, 7) is 5.45. The van der Waals surface area contributed by atoms with Crippen LogP contribution in [0, 0.1) is 11.3 Å². The van der Waals surface area contributed by atoms with E-state index < -0.39 is 12.1 Å². The van der Waals surface area contributed by atoms with Gasteiger partial charge in [0.15, 0.2) is 5.96 Å². The van der Waals surface area contributed by atoms with Gasteiger partial charge in [0.1, 0.15) is 6.04 Å². The summed E-state index contributed by atoms with van der Waals surface area (Å²) in [5.41, 5.74) is 2.09. The number of carbonyl (C=O) groups excluding carboxylic acids is 2. The van der Waals surface area contributed by atoms with Gasteiger partial charge in [-0.2, -0.15) is 0 Å². The summed E-state index contributed by atoms with van der Waals surface area (Å²) < 4.78 is 0. The molecular formula is C22H27ClN6O2. The van der Waals surface area contributed by atoms with E-state index in [2.05, 4.69) is 21.3 Å². The Morgan fingerprint density at radius 3 is 2.26 bits per heavy atom. The number of halogens is 1. The predicted molar refractivity (Wildman–Crippen MR) is 125 cm³/mol. The van der Waals surface area contributed by atoms with Gasteiger partial charge in [0.2, 0.25) is 5.91 Å². The predicted octanol–water partition coefficient (Wildman–Crippen LogP) is 3.86. The second-order valence-corrected chi connectivity index (χ2v) is 8.19. The number of amides is 3. The van der Waals surface area contributed by atoms with Crippen LogP contribution in [0.4, 0.5) is 21.9 Å². The van der Waals surface area contributed by atoms with Crippen molar-refractivity contribution in [1.82, 2.24) is 10.6 Å². The van der Waals surface area contributed by atoms with Crippen LogP contribution in [0.3, 0.4) is 0 Å². The molecule has 0 bridgehead atoms. The van der Waals surface area contributed by atoms with Crippen LogP contribution in [-0.2, 0) is 4.79 Å². The Balaban J connectivity index is 1.61. The zero-order valence-electron chi connectivity index (χ0n) is 17.5. The number of anilines is 3. The molecule has 1 heterocycles. The van der Waals surface area contributed by atoms with E-state index in [-0.39, 0.29) is 11.8 Å². The fraction of sp³-hybridized carbons (Fsp3) is 0.318. The molecule has 2 aromatic rings. The standard InChI is InChI=1S/C22H27ClN6O2/c1-14(2)13-19(28-22(31)27-17-5-3-15(23)4-6-17)20(30)26-16-7-9-18(10-8-16)29-12-11-25-21(29)24/h3-10,14,19H,11-13H2,1-2H3,(H2,24,25)(H,26,30)(H2,27,28,31)/t19-/m1/s1. The van der Waals surface area contributed by atoms with Crippen molar-refractivity contribution in [3.8, 4) is 0 Å². The Hall–Kier alpha value is -3.26. The van der Waals surface area contributed by atoms with Crippen LogP contribution in [0.15, 0.2) is 48.5 Å². The van der Waals surface area contributed by atoms with E-state index in [9.17, 15) is 9.59 Å². The molecule has 1 aliphatic heterocycles. The van der Waals surface area contributed by atoms with Gasteiger partial charge in [-0.1, -0.05) is 25.4 Å². The summed E-state index contributed by atoms with van der Waals surface area (Å²) in [6, 6.07) is 12.9. The molecule has 8 nitrogen and oxygen atoms in total. The lowest BCUT2D eigenvalue weighted by Crippen LogP contribution is -2.46. The first-order valence-corrected chi connectivity index (χ1v) is 10.5. The number of nitrogens with zero attached hydrogens (tertiary/aromatic N) is 1. The molecule has 1 saturated heterocycles. The number of benzene rings is 2. The monoisotopic (exact) mass is 442 g/mol. The summed E-state index contributed by atoms with van der Waals surface area (Å²) in [6.07, 6.45) is 0.495. The van der Waals surface area contributed by atoms with E-state index in [4.69, 9.17) is 17.0 Å². The Bertz CT molecular complexity index is 930. The minimum atomic E-state index is -0.692. The molecule has 0 saturated carbocycles. The smallest absolute Gasteiger partial charge is 0.319 e. The van der Waals surface area contributed by atoms with Crippen LogP contribution in [0.5, 0.6) is 0 Å². The molecule has 2 aromatic carbocycles. The fourth-order valence-corrected chi connectivity index (χ4v) is 3.39. The third-order valence-electron chi connectivity index (χ3n) is 4.78. The van der Waals surface area contributed by atoms with Crippen LogP contribution in [0.2, 0.25) is 5.02 Å². The largest absolute Gasteiger partial charge is 0.354 e. The number of hydrogen-bond donors (Lipinski definition) is 5. The van der Waals surface area contributed by atoms with Crippen molar-refractivity contribution in [2.45, 2.75) is 26.3 Å². The molecule has 0 spiro atoms. The van der Waals surface area contributed by atoms with Gasteiger partial charge in [0, 0.05) is 35.2 Å². The summed E-state index contributed by atoms with van der Waals surface area (Å²) >= 11 is 5.86. The molecule has 0 radical (unpaired) electrons. The Labute approximate surface area is 186 Å². The number of nitrogens with one attached hydrogen (secondary N) is 5. The first-order valence-electron chi connectivity index (χ1n) is 10.2. The fourth-order valence-electron chi connectivity index (χ4n) is 3.27. The highest BCUT2D eigenvalue weighted by molar-refractivity contribution is 6.30. The van der Waals surface area contributed by atoms with Crippen molar-refractivity contribution < 1.29 is 9.59 Å². The zero-order chi connectivity index (χ0) is 22.4. The van der Waals surface area contributed by atoms with E-state index in [0.29, 0.717) is 28.8 Å². The van der Waals surface area contributed by atoms with Gasteiger partial charge >= 0.3 is 6.03 Å². The lowest BCUT2D eigenvalue weighted by molar-refractivity contribution is -0.118. The third-order valence-corrected chi connectivity index (χ3v) is 5.03. The molecule has 1 fully saturated rings. The van der Waals surface area contributed by atoms with Crippen molar-refractivity contribution in [2.24, 2.45) is 5.92 Å². The highest BCUT2D eigenvalue weighted by Crippen LogP contribution is 2.20. The van der Waals surface area contributed by atoms with Crippen molar-refractivity contribution in [3.63, 3.8) is 0 Å². The normalized spacial score (nSPS) is 14.2. The summed E-state index contributed by atoms with van der Waals surface area (Å²) in [5.74, 6) is 0.288. The third kappa shape index (κ3) is 6.36. The van der Waals surface area contributed by atoms with Crippen molar-refractivity contribution in [2.75, 3.05) is 28.6 Å². The molecule has 164 valence electrons. The molecule has 3 rings (SSSR count). The number of urea groups is 1. The number of rotatable bonds is 7. The van der Waals surface area contributed by atoms with E-state index in [0.717, 1.165) is 18.8 Å². The molecular weight excluding hydrogens is 416 g/mol. The van der Waals surface area contributed by atoms with Gasteiger partial charge < -0.3 is 26.2 Å². The van der Waals surface area contributed by atoms with Crippen LogP contribution >= 0.6 is 11.6 Å². The molecule has 1 aliphatic rings. The maximum atomic E-state index is 12.8. The molecule has 0 unspecified atom stereocenters. The first-order chi connectivity index (χ1) is 14.8. The van der Waals surface area contributed by atoms with Gasteiger partial charge in [0.25, 0.3) is 0 Å². The van der Waals surface area contributed by atoms with Gasteiger partial charge in [-0.15, -0.1) is 0 Å². The molecule has 0 aromatic heterocycles. The second kappa shape index (κ2) is 10.2. The lowest BCUT2D eigenvalue weighted by atomic mass is 10.0. The molecule has 9 heteroatoms. The minimum Gasteiger partial charge on any atom is -0.354 e. The van der Waals surface area contributed by atoms with E-state index >= 15 is 0 Å². The lowest BCUT2D eigenvalue weighted by Gasteiger charge is -2.21. The number of hydrogen-bond acceptors (Lipinski definition) is 3. The van der Waals surface area contributed by atoms with Crippen LogP contribution < -0.4 is 26.2 Å². The van der Waals surface area contributed by atoms with E-state index in [1.165, 1.54) is 0 Å². The quantitative estimate of drug-likeness (QED) is 0.448. The summed E-state index contributed by atoms with van der Waals surface area (Å²) in [5, 5.41) is 19.8. The van der Waals surface area contributed by atoms with Gasteiger partial charge in [-0.05, 0) is 60.9 Å². The summed E-state index contributed by atoms with van der Waals surface area (Å²) in [4.78, 5) is 27.1. The van der Waals surface area contributed by atoms with Crippen molar-refractivity contribution >= 4 is 46.6 Å². The average Bonchev–Trinajstić information content (AvgIpc) is 3.15. The van der Waals surface area contributed by atoms with Crippen LogP contribution in [0.25, 0.3) is 0 Å². The van der Waals surface area contributed by atoms with Gasteiger partial charge in [-0.3, -0.25) is 10.2 Å². The Kier molecular flexibility index (Phi) is 7.36. The van der Waals surface area contributed by atoms with Crippen molar-refractivity contribution in [1.29, 1.82) is 5.41 Å². The Morgan fingerprint density at radius 1 is 1.06 bits per heavy atom. The molecule has 1 atom stereocenters. The molecule has 0 aliphatic carbocycles. The maximum absolute atomic E-state index is 12.8. The first kappa shape index (κ1) is 22.4. The summed E-state index contributed by atoms with van der Waals surface area (Å²) in [7, 11) is 0. The molecule has 5 N–H and O–H groups in total. The second-order valence-electron chi connectivity index (χ2n) is 7.75. The van der Waals surface area contributed by atoms with Gasteiger partial charge in [-0.25, -0.2) is 4.79 Å². The van der Waals surface area contributed by atoms with Crippen LogP contribution in [-0.4, -0.2) is 37.0 Å². The highest BCUT2D eigenvalue weighted by atomic mass is 35.5. The molecule has 3 amide bonds. The molecule has 31 heavy (non-hydrogen) atoms. The average molecular weight is 443 g/mol. The zero-order valence-corrected chi connectivity index (χ0v) is 18.3. The van der Waals surface area contributed by atoms with Gasteiger partial charge in [0.05, 0.1) is 0 Å². The Morgan fingerprint density at radius 2 is 1.68 bits per heavy atom. The number of carbonyl (C=O) groups is 2.